The van der Waals surface area contributed by atoms with E-state index in [0.717, 1.165) is 5.56 Å². The second-order valence-electron chi connectivity index (χ2n) is 2.63. The summed E-state index contributed by atoms with van der Waals surface area (Å²) in [4.78, 5) is 11.2. The van der Waals surface area contributed by atoms with Gasteiger partial charge < -0.3 is 5.11 Å². The van der Waals surface area contributed by atoms with Crippen molar-refractivity contribution in [2.75, 3.05) is 0 Å². The zero-order valence-electron chi connectivity index (χ0n) is 6.65. The quantitative estimate of drug-likeness (QED) is 0.725. The second kappa shape index (κ2) is 3.06. The first-order valence-corrected chi connectivity index (χ1v) is 4.61. The van der Waals surface area contributed by atoms with E-state index in [1.165, 1.54) is 11.5 Å². The third-order valence-corrected chi connectivity index (χ3v) is 2.41. The summed E-state index contributed by atoms with van der Waals surface area (Å²) in [6.45, 7) is 0. The molecule has 0 saturated heterocycles. The second-order valence-corrected chi connectivity index (χ2v) is 3.30. The maximum Gasteiger partial charge on any atom is 0.265 e. The van der Waals surface area contributed by atoms with Crippen LogP contribution in [0.4, 0.5) is 0 Å². The topological polar surface area (TPSA) is 53.1 Å². The number of rotatable bonds is 1. The highest BCUT2D eigenvalue weighted by Gasteiger charge is 2.02. The molecule has 0 amide bonds. The van der Waals surface area contributed by atoms with Crippen molar-refractivity contribution in [2.45, 2.75) is 0 Å². The standard InChI is InChI=1S/C9H7NO2S/c11-7-3-1-6(2-4-7)8-5-13-10-9(8)12/h1-5,11H,(H,10,12). The third kappa shape index (κ3) is 1.48. The van der Waals surface area contributed by atoms with Gasteiger partial charge in [0.2, 0.25) is 0 Å². The van der Waals surface area contributed by atoms with Crippen molar-refractivity contribution >= 4 is 11.5 Å². The van der Waals surface area contributed by atoms with Crippen LogP contribution in [0.5, 0.6) is 5.75 Å². The number of phenolic OH excluding ortho intramolecular Hbond substituents is 1. The molecule has 1 aromatic carbocycles. The molecule has 2 aromatic rings. The van der Waals surface area contributed by atoms with Gasteiger partial charge >= 0.3 is 0 Å². The Morgan fingerprint density at radius 1 is 1.23 bits per heavy atom. The minimum Gasteiger partial charge on any atom is -0.508 e. The van der Waals surface area contributed by atoms with Crippen LogP contribution in [0, 0.1) is 0 Å². The van der Waals surface area contributed by atoms with Crippen LogP contribution in [-0.2, 0) is 0 Å². The molecule has 1 aromatic heterocycles. The lowest BCUT2D eigenvalue weighted by Crippen LogP contribution is -1.99. The lowest BCUT2D eigenvalue weighted by molar-refractivity contribution is 0.475. The van der Waals surface area contributed by atoms with Crippen LogP contribution in [0.15, 0.2) is 34.4 Å². The first-order chi connectivity index (χ1) is 6.27. The molecule has 4 heteroatoms. The molecule has 13 heavy (non-hydrogen) atoms. The molecule has 0 aliphatic rings. The van der Waals surface area contributed by atoms with Gasteiger partial charge in [0.1, 0.15) is 5.75 Å². The molecule has 0 unspecified atom stereocenters. The average molecular weight is 193 g/mol. The van der Waals surface area contributed by atoms with Gasteiger partial charge in [0.05, 0.1) is 5.56 Å². The van der Waals surface area contributed by atoms with E-state index in [4.69, 9.17) is 5.11 Å². The lowest BCUT2D eigenvalue weighted by Gasteiger charge is -1.95. The molecule has 0 aliphatic heterocycles. The highest BCUT2D eigenvalue weighted by atomic mass is 32.1. The van der Waals surface area contributed by atoms with Gasteiger partial charge in [-0.15, -0.1) is 0 Å². The van der Waals surface area contributed by atoms with Gasteiger partial charge in [-0.05, 0) is 17.7 Å². The Bertz CT molecular complexity index is 455. The largest absolute Gasteiger partial charge is 0.508 e. The van der Waals surface area contributed by atoms with Crippen LogP contribution in [0.2, 0.25) is 0 Å². The van der Waals surface area contributed by atoms with Crippen molar-refractivity contribution < 1.29 is 5.11 Å². The van der Waals surface area contributed by atoms with Crippen molar-refractivity contribution in [3.63, 3.8) is 0 Å². The normalized spacial score (nSPS) is 10.2. The number of benzene rings is 1. The molecule has 0 radical (unpaired) electrons. The fraction of sp³-hybridized carbons (Fsp3) is 0. The first kappa shape index (κ1) is 8.07. The predicted octanol–water partition coefficient (Wildman–Crippen LogP) is 1.81. The van der Waals surface area contributed by atoms with Crippen LogP contribution in [0.3, 0.4) is 0 Å². The van der Waals surface area contributed by atoms with Crippen molar-refractivity contribution in [1.82, 2.24) is 4.37 Å². The molecule has 2 rings (SSSR count). The minimum atomic E-state index is -0.0873. The predicted molar refractivity (Wildman–Crippen MR) is 52.0 cm³/mol. The Balaban J connectivity index is 2.54. The van der Waals surface area contributed by atoms with Crippen LogP contribution >= 0.6 is 11.5 Å². The summed E-state index contributed by atoms with van der Waals surface area (Å²) in [5.74, 6) is 0.204. The van der Waals surface area contributed by atoms with E-state index in [2.05, 4.69) is 4.37 Å². The van der Waals surface area contributed by atoms with Crippen LogP contribution in [0.25, 0.3) is 11.1 Å². The van der Waals surface area contributed by atoms with Gasteiger partial charge in [0.15, 0.2) is 0 Å². The Hall–Kier alpha value is -1.55. The lowest BCUT2D eigenvalue weighted by atomic mass is 10.1. The molecule has 2 N–H and O–H groups in total. The number of hydrogen-bond acceptors (Lipinski definition) is 3. The number of aromatic hydroxyl groups is 1. The van der Waals surface area contributed by atoms with Crippen molar-refractivity contribution in [1.29, 1.82) is 0 Å². The summed E-state index contributed by atoms with van der Waals surface area (Å²) in [6.07, 6.45) is 0. The number of phenols is 1. The summed E-state index contributed by atoms with van der Waals surface area (Å²) < 4.78 is 2.61. The molecular formula is C9H7NO2S. The zero-order chi connectivity index (χ0) is 9.26. The van der Waals surface area contributed by atoms with Crippen molar-refractivity contribution in [3.05, 3.63) is 40.0 Å². The maximum atomic E-state index is 11.2. The van der Waals surface area contributed by atoms with Gasteiger partial charge in [-0.3, -0.25) is 9.17 Å². The fourth-order valence-corrected chi connectivity index (χ4v) is 1.73. The van der Waals surface area contributed by atoms with E-state index >= 15 is 0 Å². The number of nitrogens with one attached hydrogen (secondary N) is 1. The SMILES string of the molecule is O=c1[nH]scc1-c1ccc(O)cc1. The van der Waals surface area contributed by atoms with Crippen molar-refractivity contribution in [2.24, 2.45) is 0 Å². The van der Waals surface area contributed by atoms with Gasteiger partial charge in [-0.1, -0.05) is 23.7 Å². The molecule has 3 nitrogen and oxygen atoms in total. The highest BCUT2D eigenvalue weighted by molar-refractivity contribution is 7.03. The van der Waals surface area contributed by atoms with E-state index in [-0.39, 0.29) is 11.3 Å². The summed E-state index contributed by atoms with van der Waals surface area (Å²) in [6, 6.07) is 6.55. The van der Waals surface area contributed by atoms with Gasteiger partial charge in [-0.2, -0.15) is 0 Å². The molecule has 1 heterocycles. The summed E-state index contributed by atoms with van der Waals surface area (Å²) >= 11 is 1.27. The van der Waals surface area contributed by atoms with Gasteiger partial charge in [0.25, 0.3) is 5.56 Å². The van der Waals surface area contributed by atoms with E-state index in [1.807, 2.05) is 0 Å². The summed E-state index contributed by atoms with van der Waals surface area (Å²) in [5, 5.41) is 10.8. The van der Waals surface area contributed by atoms with Gasteiger partial charge in [0, 0.05) is 5.38 Å². The van der Waals surface area contributed by atoms with Crippen LogP contribution in [-0.4, -0.2) is 9.48 Å². The smallest absolute Gasteiger partial charge is 0.265 e. The zero-order valence-corrected chi connectivity index (χ0v) is 7.47. The van der Waals surface area contributed by atoms with Gasteiger partial charge in [-0.25, -0.2) is 0 Å². The fourth-order valence-electron chi connectivity index (χ4n) is 1.09. The van der Waals surface area contributed by atoms with E-state index < -0.39 is 0 Å². The molecule has 0 fully saturated rings. The highest BCUT2D eigenvalue weighted by Crippen LogP contribution is 2.19. The molecule has 0 spiro atoms. The Morgan fingerprint density at radius 3 is 2.46 bits per heavy atom. The summed E-state index contributed by atoms with van der Waals surface area (Å²) in [5.41, 5.74) is 1.38. The number of aromatic amines is 1. The Labute approximate surface area is 78.4 Å². The Morgan fingerprint density at radius 2 is 1.92 bits per heavy atom. The number of H-pyrrole nitrogens is 1. The molecule has 0 bridgehead atoms. The molecule has 0 atom stereocenters. The first-order valence-electron chi connectivity index (χ1n) is 3.73. The van der Waals surface area contributed by atoms with Crippen molar-refractivity contribution in [3.8, 4) is 16.9 Å². The van der Waals surface area contributed by atoms with E-state index in [1.54, 1.807) is 29.6 Å². The van der Waals surface area contributed by atoms with Crippen LogP contribution in [0.1, 0.15) is 0 Å². The Kier molecular flexibility index (Phi) is 1.90. The molecule has 66 valence electrons. The maximum absolute atomic E-state index is 11.2. The third-order valence-electron chi connectivity index (χ3n) is 1.75. The average Bonchev–Trinajstić information content (AvgIpc) is 2.53. The molecular weight excluding hydrogens is 186 g/mol. The van der Waals surface area contributed by atoms with E-state index in [0.29, 0.717) is 5.56 Å². The molecule has 0 aliphatic carbocycles. The summed E-state index contributed by atoms with van der Waals surface area (Å²) in [7, 11) is 0. The minimum absolute atomic E-state index is 0.0873. The number of aromatic nitrogens is 1. The number of hydrogen-bond donors (Lipinski definition) is 2. The van der Waals surface area contributed by atoms with E-state index in [9.17, 15) is 4.79 Å². The van der Waals surface area contributed by atoms with Crippen LogP contribution < -0.4 is 5.56 Å². The monoisotopic (exact) mass is 193 g/mol. The molecule has 0 saturated carbocycles.